The molecule has 0 aliphatic carbocycles. The lowest BCUT2D eigenvalue weighted by Gasteiger charge is -2.11. The topological polar surface area (TPSA) is 141 Å². The third-order valence-corrected chi connectivity index (χ3v) is 3.91. The molecule has 33 heavy (non-hydrogen) atoms. The normalized spacial score (nSPS) is 11.4. The van der Waals surface area contributed by atoms with E-state index in [-0.39, 0.29) is 13.2 Å². The van der Waals surface area contributed by atoms with Crippen LogP contribution >= 0.6 is 0 Å². The molecule has 0 radical (unpaired) electrons. The van der Waals surface area contributed by atoms with Crippen molar-refractivity contribution in [1.29, 1.82) is 0 Å². The van der Waals surface area contributed by atoms with E-state index in [1.165, 1.54) is 0 Å². The first-order valence-electron chi connectivity index (χ1n) is 11.2. The Hall–Kier alpha value is -0.930. The van der Waals surface area contributed by atoms with Gasteiger partial charge in [0.2, 0.25) is 0 Å². The van der Waals surface area contributed by atoms with Crippen molar-refractivity contribution in [3.05, 3.63) is 0 Å². The molecular formula is C21H42O12. The molecule has 0 fully saturated rings. The molecule has 0 amide bonds. The van der Waals surface area contributed by atoms with Crippen LogP contribution in [0.3, 0.4) is 0 Å². The third kappa shape index (κ3) is 24.0. The Bertz CT molecular complexity index is 395. The summed E-state index contributed by atoms with van der Waals surface area (Å²) in [5.74, 6) is -1.55. The fourth-order valence-corrected chi connectivity index (χ4v) is 2.09. The summed E-state index contributed by atoms with van der Waals surface area (Å²) in [7, 11) is 1.63. The van der Waals surface area contributed by atoms with Gasteiger partial charge in [-0.05, 0) is 0 Å². The van der Waals surface area contributed by atoms with Crippen LogP contribution in [0.5, 0.6) is 0 Å². The van der Waals surface area contributed by atoms with E-state index in [9.17, 15) is 4.79 Å². The lowest BCUT2D eigenvalue weighted by atomic mass is 10.2. The minimum atomic E-state index is -0.903. The van der Waals surface area contributed by atoms with Crippen LogP contribution in [0.15, 0.2) is 0 Å². The highest BCUT2D eigenvalue weighted by molar-refractivity contribution is 5.72. The number of methoxy groups -OCH3 is 1. The van der Waals surface area contributed by atoms with Crippen LogP contribution in [-0.2, 0) is 47.4 Å². The van der Waals surface area contributed by atoms with Crippen LogP contribution < -0.4 is 0 Å². The number of carbonyl (C=O) groups is 1. The van der Waals surface area contributed by atoms with E-state index in [4.69, 9.17) is 52.8 Å². The Morgan fingerprint density at radius 1 is 0.515 bits per heavy atom. The molecule has 0 aromatic rings. The molecule has 198 valence electrons. The van der Waals surface area contributed by atoms with Crippen molar-refractivity contribution in [2.45, 2.75) is 0 Å². The Morgan fingerprint density at radius 2 is 0.788 bits per heavy atom. The molecular weight excluding hydrogens is 444 g/mol. The summed E-state index contributed by atoms with van der Waals surface area (Å²) in [6.07, 6.45) is 0. The number of hydrogen-bond acceptors (Lipinski definition) is 12. The summed E-state index contributed by atoms with van der Waals surface area (Å²) in [5.41, 5.74) is 0. The first-order valence-corrected chi connectivity index (χ1v) is 11.2. The van der Waals surface area contributed by atoms with Gasteiger partial charge in [0.15, 0.2) is 0 Å². The van der Waals surface area contributed by atoms with E-state index < -0.39 is 25.1 Å². The van der Waals surface area contributed by atoms with Gasteiger partial charge in [0, 0.05) is 7.11 Å². The van der Waals surface area contributed by atoms with Crippen LogP contribution in [0.1, 0.15) is 0 Å². The minimum Gasteiger partial charge on any atom is -0.463 e. The average molecular weight is 487 g/mol. The van der Waals surface area contributed by atoms with Crippen molar-refractivity contribution in [1.82, 2.24) is 0 Å². The molecule has 0 aliphatic heterocycles. The van der Waals surface area contributed by atoms with Crippen molar-refractivity contribution in [3.8, 4) is 0 Å². The SMILES string of the molecule is COCCOCCOCCOCCOCCOCCOCCOCCOC(=O)C(CO)CO. The predicted molar refractivity (Wildman–Crippen MR) is 116 cm³/mol. The molecule has 12 nitrogen and oxygen atoms in total. The highest BCUT2D eigenvalue weighted by Gasteiger charge is 2.17. The molecule has 0 saturated heterocycles. The zero-order valence-electron chi connectivity index (χ0n) is 19.8. The maximum Gasteiger partial charge on any atom is 0.313 e. The van der Waals surface area contributed by atoms with Crippen molar-refractivity contribution < 1.29 is 57.6 Å². The summed E-state index contributed by atoms with van der Waals surface area (Å²) in [4.78, 5) is 11.4. The fraction of sp³-hybridized carbons (Fsp3) is 0.952. The molecule has 0 unspecified atom stereocenters. The molecule has 0 aromatic carbocycles. The van der Waals surface area contributed by atoms with Crippen LogP contribution in [-0.4, -0.2) is 142 Å². The summed E-state index contributed by atoms with van der Waals surface area (Å²) < 4.78 is 47.1. The molecule has 0 saturated carbocycles. The Morgan fingerprint density at radius 3 is 1.06 bits per heavy atom. The zero-order valence-corrected chi connectivity index (χ0v) is 19.8. The Balaban J connectivity index is 3.11. The molecule has 0 aromatic heterocycles. The van der Waals surface area contributed by atoms with Gasteiger partial charge in [-0.15, -0.1) is 0 Å². The highest BCUT2D eigenvalue weighted by atomic mass is 16.6. The standard InChI is InChI=1S/C21H42O12/c1-25-2-3-26-4-5-27-6-7-28-8-9-29-10-11-30-12-13-31-14-15-32-16-17-33-21(24)20(18-22)19-23/h20,22-23H,2-19H2,1H3. The quantitative estimate of drug-likeness (QED) is 0.107. The van der Waals surface area contributed by atoms with Gasteiger partial charge in [-0.1, -0.05) is 0 Å². The highest BCUT2D eigenvalue weighted by Crippen LogP contribution is 1.97. The van der Waals surface area contributed by atoms with E-state index in [1.807, 2.05) is 0 Å². The van der Waals surface area contributed by atoms with Gasteiger partial charge in [0.25, 0.3) is 0 Å². The molecule has 0 atom stereocenters. The van der Waals surface area contributed by atoms with E-state index in [1.54, 1.807) is 7.11 Å². The van der Waals surface area contributed by atoms with Gasteiger partial charge in [-0.25, -0.2) is 0 Å². The van der Waals surface area contributed by atoms with Crippen LogP contribution in [0.25, 0.3) is 0 Å². The van der Waals surface area contributed by atoms with Gasteiger partial charge in [-0.3, -0.25) is 4.79 Å². The predicted octanol–water partition coefficient (Wildman–Crippen LogP) is -1.11. The van der Waals surface area contributed by atoms with Gasteiger partial charge < -0.3 is 52.8 Å². The zero-order chi connectivity index (χ0) is 24.2. The maximum absolute atomic E-state index is 11.4. The molecule has 0 rings (SSSR count). The lowest BCUT2D eigenvalue weighted by Crippen LogP contribution is -2.26. The summed E-state index contributed by atoms with van der Waals surface area (Å²) in [5, 5.41) is 17.7. The minimum absolute atomic E-state index is 0.0579. The monoisotopic (exact) mass is 486 g/mol. The number of rotatable bonds is 27. The van der Waals surface area contributed by atoms with Gasteiger partial charge in [0.1, 0.15) is 12.5 Å². The molecule has 12 heteroatoms. The van der Waals surface area contributed by atoms with Crippen LogP contribution in [0, 0.1) is 5.92 Å². The van der Waals surface area contributed by atoms with E-state index in [0.717, 1.165) is 0 Å². The number of hydrogen-bond donors (Lipinski definition) is 2. The van der Waals surface area contributed by atoms with Crippen molar-refractivity contribution in [2.75, 3.05) is 126 Å². The maximum atomic E-state index is 11.4. The number of carbonyl (C=O) groups excluding carboxylic acids is 1. The summed E-state index contributed by atoms with van der Waals surface area (Å²) in [6.45, 7) is 6.23. The Kier molecular flexibility index (Phi) is 26.5. The third-order valence-electron chi connectivity index (χ3n) is 3.91. The number of aliphatic hydroxyl groups is 2. The largest absolute Gasteiger partial charge is 0.463 e. The number of ether oxygens (including phenoxy) is 9. The second-order valence-corrected chi connectivity index (χ2v) is 6.51. The fourth-order valence-electron chi connectivity index (χ4n) is 2.09. The van der Waals surface area contributed by atoms with Gasteiger partial charge in [0.05, 0.1) is 112 Å². The van der Waals surface area contributed by atoms with Crippen LogP contribution in [0.2, 0.25) is 0 Å². The number of esters is 1. The lowest BCUT2D eigenvalue weighted by molar-refractivity contribution is -0.153. The van der Waals surface area contributed by atoms with Gasteiger partial charge in [-0.2, -0.15) is 0 Å². The summed E-state index contributed by atoms with van der Waals surface area (Å²) >= 11 is 0. The number of aliphatic hydroxyl groups excluding tert-OH is 2. The van der Waals surface area contributed by atoms with E-state index in [2.05, 4.69) is 0 Å². The van der Waals surface area contributed by atoms with Crippen molar-refractivity contribution >= 4 is 5.97 Å². The molecule has 0 bridgehead atoms. The molecule has 0 aliphatic rings. The molecule has 2 N–H and O–H groups in total. The second-order valence-electron chi connectivity index (χ2n) is 6.51. The summed E-state index contributed by atoms with van der Waals surface area (Å²) in [6, 6.07) is 0. The van der Waals surface area contributed by atoms with Crippen molar-refractivity contribution in [3.63, 3.8) is 0 Å². The van der Waals surface area contributed by atoms with Gasteiger partial charge >= 0.3 is 5.97 Å². The Labute approximate surface area is 196 Å². The first-order chi connectivity index (χ1) is 16.3. The van der Waals surface area contributed by atoms with Crippen LogP contribution in [0.4, 0.5) is 0 Å². The van der Waals surface area contributed by atoms with E-state index in [0.29, 0.717) is 92.5 Å². The van der Waals surface area contributed by atoms with E-state index >= 15 is 0 Å². The second kappa shape index (κ2) is 27.3. The molecule has 0 heterocycles. The average Bonchev–Trinajstić information content (AvgIpc) is 2.82. The smallest absolute Gasteiger partial charge is 0.313 e. The van der Waals surface area contributed by atoms with Crippen molar-refractivity contribution in [2.24, 2.45) is 5.92 Å². The first kappa shape index (κ1) is 32.1. The molecule has 0 spiro atoms.